The van der Waals surface area contributed by atoms with Crippen molar-refractivity contribution in [2.45, 2.75) is 19.0 Å². The molecule has 0 radical (unpaired) electrons. The van der Waals surface area contributed by atoms with Gasteiger partial charge in [0.1, 0.15) is 11.4 Å². The SMILES string of the molecule is COCC(C)(NCc1ccc(F)cc1)C(=O)O. The molecule has 1 rings (SSSR count). The van der Waals surface area contributed by atoms with Crippen molar-refractivity contribution in [1.82, 2.24) is 5.32 Å². The molecule has 1 atom stereocenters. The fourth-order valence-corrected chi connectivity index (χ4v) is 1.38. The van der Waals surface area contributed by atoms with E-state index in [1.165, 1.54) is 19.2 Å². The molecular formula is C12H16FNO3. The van der Waals surface area contributed by atoms with Gasteiger partial charge >= 0.3 is 5.97 Å². The fraction of sp³-hybridized carbons (Fsp3) is 0.417. The summed E-state index contributed by atoms with van der Waals surface area (Å²) in [6.45, 7) is 1.94. The molecule has 17 heavy (non-hydrogen) atoms. The van der Waals surface area contributed by atoms with Gasteiger partial charge in [-0.15, -0.1) is 0 Å². The van der Waals surface area contributed by atoms with Gasteiger partial charge in [-0.05, 0) is 24.6 Å². The van der Waals surface area contributed by atoms with Crippen LogP contribution >= 0.6 is 0 Å². The molecule has 2 N–H and O–H groups in total. The molecule has 1 aromatic rings. The average molecular weight is 241 g/mol. The van der Waals surface area contributed by atoms with Crippen LogP contribution in [0.1, 0.15) is 12.5 Å². The molecule has 0 aliphatic heterocycles. The number of aliphatic carboxylic acids is 1. The summed E-state index contributed by atoms with van der Waals surface area (Å²) in [4.78, 5) is 11.1. The van der Waals surface area contributed by atoms with Gasteiger partial charge in [-0.1, -0.05) is 12.1 Å². The van der Waals surface area contributed by atoms with Crippen LogP contribution in [0, 0.1) is 5.82 Å². The molecule has 5 heteroatoms. The van der Waals surface area contributed by atoms with Crippen LogP contribution in [0.4, 0.5) is 4.39 Å². The van der Waals surface area contributed by atoms with Crippen molar-refractivity contribution in [3.63, 3.8) is 0 Å². The second-order valence-electron chi connectivity index (χ2n) is 4.05. The van der Waals surface area contributed by atoms with Crippen LogP contribution in [-0.4, -0.2) is 30.3 Å². The van der Waals surface area contributed by atoms with E-state index < -0.39 is 11.5 Å². The van der Waals surface area contributed by atoms with E-state index in [-0.39, 0.29) is 12.4 Å². The zero-order valence-corrected chi connectivity index (χ0v) is 9.87. The van der Waals surface area contributed by atoms with Gasteiger partial charge < -0.3 is 9.84 Å². The minimum atomic E-state index is -1.15. The van der Waals surface area contributed by atoms with E-state index in [1.807, 2.05) is 0 Å². The smallest absolute Gasteiger partial charge is 0.326 e. The van der Waals surface area contributed by atoms with Gasteiger partial charge in [0.25, 0.3) is 0 Å². The number of carboxylic acids is 1. The molecule has 0 saturated carbocycles. The summed E-state index contributed by atoms with van der Waals surface area (Å²) in [6.07, 6.45) is 0. The summed E-state index contributed by atoms with van der Waals surface area (Å²) in [5, 5.41) is 12.0. The number of hydrogen-bond donors (Lipinski definition) is 2. The first-order chi connectivity index (χ1) is 7.98. The van der Waals surface area contributed by atoms with Gasteiger partial charge in [0.15, 0.2) is 0 Å². The average Bonchev–Trinajstić information content (AvgIpc) is 2.28. The zero-order chi connectivity index (χ0) is 12.9. The summed E-state index contributed by atoms with van der Waals surface area (Å²) in [6, 6.07) is 5.89. The number of carbonyl (C=O) groups is 1. The quantitative estimate of drug-likeness (QED) is 0.790. The molecule has 94 valence electrons. The largest absolute Gasteiger partial charge is 0.480 e. The minimum absolute atomic E-state index is 0.0591. The second-order valence-corrected chi connectivity index (χ2v) is 4.05. The number of halogens is 1. The number of ether oxygens (including phenoxy) is 1. The lowest BCUT2D eigenvalue weighted by molar-refractivity contribution is -0.146. The highest BCUT2D eigenvalue weighted by molar-refractivity contribution is 5.78. The molecule has 0 heterocycles. The summed E-state index contributed by atoms with van der Waals surface area (Å²) in [7, 11) is 1.45. The Bertz CT molecular complexity index is 380. The Morgan fingerprint density at radius 1 is 1.47 bits per heavy atom. The third kappa shape index (κ3) is 3.80. The van der Waals surface area contributed by atoms with E-state index >= 15 is 0 Å². The molecular weight excluding hydrogens is 225 g/mol. The van der Waals surface area contributed by atoms with Crippen molar-refractivity contribution < 1.29 is 19.0 Å². The normalized spacial score (nSPS) is 14.3. The van der Waals surface area contributed by atoms with E-state index in [1.54, 1.807) is 19.1 Å². The van der Waals surface area contributed by atoms with Crippen molar-refractivity contribution in [3.8, 4) is 0 Å². The highest BCUT2D eigenvalue weighted by atomic mass is 19.1. The summed E-state index contributed by atoms with van der Waals surface area (Å²) in [5.41, 5.74) is -0.335. The van der Waals surface area contributed by atoms with E-state index in [9.17, 15) is 9.18 Å². The van der Waals surface area contributed by atoms with Crippen LogP contribution in [0.5, 0.6) is 0 Å². The van der Waals surface area contributed by atoms with Gasteiger partial charge in [-0.3, -0.25) is 10.1 Å². The second kappa shape index (κ2) is 5.75. The Morgan fingerprint density at radius 2 is 2.06 bits per heavy atom. The summed E-state index contributed by atoms with van der Waals surface area (Å²) < 4.78 is 17.5. The first-order valence-corrected chi connectivity index (χ1v) is 5.20. The Kier molecular flexibility index (Phi) is 4.60. The van der Waals surface area contributed by atoms with Gasteiger partial charge in [-0.25, -0.2) is 4.39 Å². The maximum atomic E-state index is 12.7. The molecule has 0 amide bonds. The number of methoxy groups -OCH3 is 1. The van der Waals surface area contributed by atoms with Crippen molar-refractivity contribution in [1.29, 1.82) is 0 Å². The molecule has 0 bridgehead atoms. The van der Waals surface area contributed by atoms with Crippen LogP contribution in [0.15, 0.2) is 24.3 Å². The van der Waals surface area contributed by atoms with Crippen LogP contribution in [0.3, 0.4) is 0 Å². The molecule has 1 aromatic carbocycles. The Labute approximate surface area is 99.4 Å². The maximum absolute atomic E-state index is 12.7. The van der Waals surface area contributed by atoms with E-state index in [4.69, 9.17) is 9.84 Å². The Balaban J connectivity index is 2.64. The minimum Gasteiger partial charge on any atom is -0.480 e. The molecule has 0 fully saturated rings. The van der Waals surface area contributed by atoms with Crippen molar-refractivity contribution in [3.05, 3.63) is 35.6 Å². The first kappa shape index (κ1) is 13.6. The maximum Gasteiger partial charge on any atom is 0.326 e. The predicted octanol–water partition coefficient (Wildman–Crippen LogP) is 1.41. The summed E-state index contributed by atoms with van der Waals surface area (Å²) >= 11 is 0. The van der Waals surface area contributed by atoms with Crippen LogP contribution in [0.2, 0.25) is 0 Å². The van der Waals surface area contributed by atoms with Gasteiger partial charge in [0, 0.05) is 13.7 Å². The Hall–Kier alpha value is -1.46. The molecule has 1 unspecified atom stereocenters. The molecule has 0 spiro atoms. The number of benzene rings is 1. The molecule has 0 aliphatic carbocycles. The molecule has 0 aromatic heterocycles. The van der Waals surface area contributed by atoms with Gasteiger partial charge in [-0.2, -0.15) is 0 Å². The lowest BCUT2D eigenvalue weighted by Gasteiger charge is -2.25. The third-order valence-electron chi connectivity index (χ3n) is 2.50. The van der Waals surface area contributed by atoms with Crippen molar-refractivity contribution >= 4 is 5.97 Å². The summed E-state index contributed by atoms with van der Waals surface area (Å²) in [5.74, 6) is -1.30. The fourth-order valence-electron chi connectivity index (χ4n) is 1.38. The first-order valence-electron chi connectivity index (χ1n) is 5.20. The van der Waals surface area contributed by atoms with Gasteiger partial charge in [0.2, 0.25) is 0 Å². The molecule has 0 aliphatic rings. The molecule has 4 nitrogen and oxygen atoms in total. The van der Waals surface area contributed by atoms with Crippen LogP contribution < -0.4 is 5.32 Å². The van der Waals surface area contributed by atoms with Crippen molar-refractivity contribution in [2.24, 2.45) is 0 Å². The number of nitrogens with one attached hydrogen (secondary N) is 1. The highest BCUT2D eigenvalue weighted by Crippen LogP contribution is 2.08. The van der Waals surface area contributed by atoms with Crippen LogP contribution in [0.25, 0.3) is 0 Å². The lowest BCUT2D eigenvalue weighted by atomic mass is 10.0. The number of hydrogen-bond acceptors (Lipinski definition) is 3. The lowest BCUT2D eigenvalue weighted by Crippen LogP contribution is -2.52. The highest BCUT2D eigenvalue weighted by Gasteiger charge is 2.32. The van der Waals surface area contributed by atoms with Gasteiger partial charge in [0.05, 0.1) is 6.61 Å². The third-order valence-corrected chi connectivity index (χ3v) is 2.50. The molecule has 0 saturated heterocycles. The predicted molar refractivity (Wildman–Crippen MR) is 61.2 cm³/mol. The van der Waals surface area contributed by atoms with Crippen molar-refractivity contribution in [2.75, 3.05) is 13.7 Å². The number of carboxylic acid groups (broad SMARTS) is 1. The van der Waals surface area contributed by atoms with E-state index in [0.29, 0.717) is 6.54 Å². The standard InChI is InChI=1S/C12H16FNO3/c1-12(8-17-2,11(15)16)14-7-9-3-5-10(13)6-4-9/h3-6,14H,7-8H2,1-2H3,(H,15,16). The van der Waals surface area contributed by atoms with E-state index in [0.717, 1.165) is 5.56 Å². The number of rotatable bonds is 6. The monoisotopic (exact) mass is 241 g/mol. The Morgan fingerprint density at radius 3 is 2.53 bits per heavy atom. The topological polar surface area (TPSA) is 58.6 Å². The van der Waals surface area contributed by atoms with Crippen LogP contribution in [-0.2, 0) is 16.1 Å². The van der Waals surface area contributed by atoms with E-state index in [2.05, 4.69) is 5.32 Å². The zero-order valence-electron chi connectivity index (χ0n) is 9.87.